The number of furan rings is 1. The van der Waals surface area contributed by atoms with Crippen molar-refractivity contribution < 1.29 is 46.5 Å². The number of aromatic nitrogens is 1. The number of morpholine rings is 1. The summed E-state index contributed by atoms with van der Waals surface area (Å²) in [7, 11) is 3.44. The number of hydrogen-bond acceptors (Lipinski definition) is 4. The normalized spacial score (nSPS) is 16.3. The molecule has 1 aliphatic heterocycles. The Morgan fingerprint density at radius 1 is 1.19 bits per heavy atom. The minimum atomic E-state index is -2.07. The van der Waals surface area contributed by atoms with Crippen molar-refractivity contribution >= 4 is 16.9 Å². The molecule has 0 bridgehead atoms. The summed E-state index contributed by atoms with van der Waals surface area (Å²) >= 11 is 0. The van der Waals surface area contributed by atoms with Crippen molar-refractivity contribution in [2.45, 2.75) is 12.8 Å². The molecule has 0 atom stereocenters. The fourth-order valence-electron chi connectivity index (χ4n) is 3.70. The van der Waals surface area contributed by atoms with Gasteiger partial charge in [0.15, 0.2) is 0 Å². The summed E-state index contributed by atoms with van der Waals surface area (Å²) < 4.78 is 34.2. The Morgan fingerprint density at radius 3 is 2.77 bits per heavy atom. The van der Waals surface area contributed by atoms with E-state index in [9.17, 15) is 4.79 Å². The molecule has 0 radical (unpaired) electrons. The van der Waals surface area contributed by atoms with Crippen LogP contribution in [0.25, 0.3) is 22.1 Å². The van der Waals surface area contributed by atoms with Crippen molar-refractivity contribution in [3.05, 3.63) is 54.0 Å². The molecule has 31 heavy (non-hydrogen) atoms. The summed E-state index contributed by atoms with van der Waals surface area (Å²) in [6, 6.07) is 7.95. The average molecular weight is 538 g/mol. The molecule has 166 valence electrons. The van der Waals surface area contributed by atoms with Crippen molar-refractivity contribution in [1.29, 1.82) is 0 Å². The highest BCUT2D eigenvalue weighted by Gasteiger charge is 2.18. The lowest BCUT2D eigenvalue weighted by atomic mass is 10.0. The molecule has 1 amide bonds. The van der Waals surface area contributed by atoms with Crippen LogP contribution in [-0.4, -0.2) is 74.2 Å². The van der Waals surface area contributed by atoms with Gasteiger partial charge in [0.2, 0.25) is 5.91 Å². The van der Waals surface area contributed by atoms with E-state index >= 15 is 0 Å². The van der Waals surface area contributed by atoms with Crippen LogP contribution in [0.1, 0.15) is 15.2 Å². The molecule has 0 N–H and O–H groups in total. The second kappa shape index (κ2) is 10.1. The van der Waals surface area contributed by atoms with Gasteiger partial charge in [-0.2, -0.15) is 0 Å². The number of amides is 1. The van der Waals surface area contributed by atoms with Crippen molar-refractivity contribution in [3.8, 4) is 11.1 Å². The fourth-order valence-corrected chi connectivity index (χ4v) is 3.70. The maximum Gasteiger partial charge on any atom is 0.227 e. The zero-order chi connectivity index (χ0) is 23.6. The maximum absolute atomic E-state index is 12.6. The molecule has 6 nitrogen and oxygen atoms in total. The quantitative estimate of drug-likeness (QED) is 0.332. The van der Waals surface area contributed by atoms with Crippen LogP contribution < -0.4 is 24.0 Å². The zero-order valence-corrected chi connectivity index (χ0v) is 20.1. The Hall–Kier alpha value is -1.97. The Bertz CT molecular complexity index is 1140. The molecule has 7 heteroatoms. The van der Waals surface area contributed by atoms with E-state index in [4.69, 9.17) is 13.3 Å². The first kappa shape index (κ1) is 19.7. The second-order valence-corrected chi connectivity index (χ2v) is 8.38. The molecule has 1 aromatic carbocycles. The van der Waals surface area contributed by atoms with Gasteiger partial charge in [-0.15, -0.1) is 0 Å². The van der Waals surface area contributed by atoms with Crippen LogP contribution in [0.3, 0.4) is 0 Å². The molecule has 3 heterocycles. The number of likely N-dealkylation sites (N-methyl/N-ethyl adjacent to an activating group) is 1. The lowest BCUT2D eigenvalue weighted by molar-refractivity contribution is -0.870. The first-order chi connectivity index (χ1) is 15.6. The van der Waals surface area contributed by atoms with Gasteiger partial charge in [0.1, 0.15) is 5.58 Å². The highest BCUT2D eigenvalue weighted by atomic mass is 127. The molecule has 0 saturated carbocycles. The van der Waals surface area contributed by atoms with Crippen LogP contribution in [0.15, 0.2) is 47.3 Å². The van der Waals surface area contributed by atoms with Crippen molar-refractivity contribution in [3.63, 3.8) is 0 Å². The first-order valence-electron chi connectivity index (χ1n) is 11.8. The number of rotatable bonds is 6. The van der Waals surface area contributed by atoms with E-state index in [2.05, 4.69) is 4.98 Å². The van der Waals surface area contributed by atoms with Gasteiger partial charge < -0.3 is 42.5 Å². The predicted molar refractivity (Wildman–Crippen MR) is 117 cm³/mol. The van der Waals surface area contributed by atoms with Crippen LogP contribution in [0.4, 0.5) is 0 Å². The Balaban J connectivity index is 0.00000324. The number of quaternary nitrogens is 1. The summed E-state index contributed by atoms with van der Waals surface area (Å²) in [6.07, 6.45) is 6.14. The third-order valence-corrected chi connectivity index (χ3v) is 5.44. The SMILES string of the molecule is [2H]C([2H])([2H])[N+](C)(C)CCc1coc2ccc(-c3cncc(CC(=O)N4CCOCC4)c3)cc12.[I-]. The number of halogens is 1. The van der Waals surface area contributed by atoms with E-state index in [1.807, 2.05) is 29.2 Å². The minimum Gasteiger partial charge on any atom is -1.00 e. The number of carbonyl (C=O) groups is 1. The van der Waals surface area contributed by atoms with Crippen LogP contribution in [0, 0.1) is 0 Å². The topological polar surface area (TPSA) is 55.6 Å². The molecule has 4 rings (SSSR count). The van der Waals surface area contributed by atoms with Gasteiger partial charge >= 0.3 is 0 Å². The van der Waals surface area contributed by atoms with Crippen molar-refractivity contribution in [1.82, 2.24) is 9.88 Å². The summed E-state index contributed by atoms with van der Waals surface area (Å²) in [5, 5.41) is 0.966. The third kappa shape index (κ3) is 6.05. The lowest BCUT2D eigenvalue weighted by Gasteiger charge is -2.26. The standard InChI is InChI=1S/C24H30N3O3.HI/c1-27(2,3)9-6-20-17-30-23-5-4-19(14-22(20)23)21-12-18(15-25-16-21)13-24(28)26-7-10-29-11-8-26;/h4-5,12,14-17H,6-11,13H2,1-3H3;1H/q+1;/p-1/i1D3;. The van der Waals surface area contributed by atoms with E-state index in [0.29, 0.717) is 45.7 Å². The highest BCUT2D eigenvalue weighted by Crippen LogP contribution is 2.28. The maximum atomic E-state index is 12.6. The second-order valence-electron chi connectivity index (χ2n) is 8.38. The number of hydrogen-bond donors (Lipinski definition) is 0. The minimum absolute atomic E-state index is 0. The molecule has 2 aromatic heterocycles. The number of benzene rings is 1. The highest BCUT2D eigenvalue weighted by molar-refractivity contribution is 5.86. The van der Waals surface area contributed by atoms with Gasteiger partial charge in [0.25, 0.3) is 0 Å². The molecular formula is C24H30IN3O3. The molecule has 0 aliphatic carbocycles. The van der Waals surface area contributed by atoms with Crippen molar-refractivity contribution in [2.75, 3.05) is 53.9 Å². The van der Waals surface area contributed by atoms with Gasteiger partial charge in [-0.3, -0.25) is 9.78 Å². The molecule has 1 saturated heterocycles. The molecule has 1 fully saturated rings. The van der Waals surface area contributed by atoms with E-state index in [1.54, 1.807) is 32.8 Å². The van der Waals surface area contributed by atoms with Gasteiger partial charge in [-0.1, -0.05) is 6.07 Å². The van der Waals surface area contributed by atoms with E-state index in [0.717, 1.165) is 33.2 Å². The molecular weight excluding hydrogens is 505 g/mol. The molecule has 1 aliphatic rings. The van der Waals surface area contributed by atoms with Crippen molar-refractivity contribution in [2.24, 2.45) is 0 Å². The van der Waals surface area contributed by atoms with Crippen LogP contribution >= 0.6 is 0 Å². The number of nitrogens with zero attached hydrogens (tertiary/aromatic N) is 3. The molecule has 0 unspecified atom stereocenters. The molecule has 0 spiro atoms. The third-order valence-electron chi connectivity index (χ3n) is 5.44. The van der Waals surface area contributed by atoms with E-state index in [-0.39, 0.29) is 34.4 Å². The number of ether oxygens (including phenoxy) is 1. The Kier molecular flexibility index (Phi) is 6.42. The fraction of sp³-hybridized carbons (Fsp3) is 0.417. The molecule has 3 aromatic rings. The van der Waals surface area contributed by atoms with Gasteiger partial charge in [-0.05, 0) is 29.3 Å². The Morgan fingerprint density at radius 2 is 2.00 bits per heavy atom. The van der Waals surface area contributed by atoms with E-state index in [1.165, 1.54) is 0 Å². The van der Waals surface area contributed by atoms with E-state index < -0.39 is 6.98 Å². The van der Waals surface area contributed by atoms with Gasteiger partial charge in [0, 0.05) is 48.4 Å². The lowest BCUT2D eigenvalue weighted by Crippen LogP contribution is -3.00. The summed E-state index contributed by atoms with van der Waals surface area (Å²) in [5.41, 5.74) is 4.51. The van der Waals surface area contributed by atoms with Crippen LogP contribution in [0.2, 0.25) is 0 Å². The summed E-state index contributed by atoms with van der Waals surface area (Å²) in [4.78, 5) is 18.8. The van der Waals surface area contributed by atoms with Crippen LogP contribution in [-0.2, 0) is 22.4 Å². The first-order valence-corrected chi connectivity index (χ1v) is 10.3. The van der Waals surface area contributed by atoms with Gasteiger partial charge in [-0.25, -0.2) is 0 Å². The number of pyridine rings is 1. The summed E-state index contributed by atoms with van der Waals surface area (Å²) in [5.74, 6) is 0.0832. The number of carbonyl (C=O) groups excluding carboxylic acids is 1. The predicted octanol–water partition coefficient (Wildman–Crippen LogP) is 0.149. The summed E-state index contributed by atoms with van der Waals surface area (Å²) in [6.45, 7) is 0.816. The monoisotopic (exact) mass is 538 g/mol. The smallest absolute Gasteiger partial charge is 0.227 e. The average Bonchev–Trinajstić information content (AvgIpc) is 3.20. The van der Waals surface area contributed by atoms with Gasteiger partial charge in [0.05, 0.1) is 57.6 Å². The van der Waals surface area contributed by atoms with Crippen LogP contribution in [0.5, 0.6) is 0 Å². The largest absolute Gasteiger partial charge is 1.00 e. The number of fused-ring (bicyclic) bond motifs is 1. The zero-order valence-electron chi connectivity index (χ0n) is 20.9. The Labute approximate surface area is 205 Å².